The molecule has 23 heavy (non-hydrogen) atoms. The molecule has 3 rings (SSSR count). The minimum atomic E-state index is -4.55. The maximum Gasteiger partial charge on any atom is 0.426 e. The van der Waals surface area contributed by atoms with Gasteiger partial charge in [-0.2, -0.15) is 13.2 Å². The van der Waals surface area contributed by atoms with Gasteiger partial charge in [0.25, 0.3) is 11.8 Å². The van der Waals surface area contributed by atoms with Gasteiger partial charge < -0.3 is 4.84 Å². The minimum absolute atomic E-state index is 0.0451. The Bertz CT molecular complexity index is 667. The van der Waals surface area contributed by atoms with Crippen LogP contribution in [0.5, 0.6) is 0 Å². The number of carbonyl (C=O) groups excluding carboxylic acids is 3. The maximum atomic E-state index is 12.9. The number of hydrogen-bond donors (Lipinski definition) is 2. The van der Waals surface area contributed by atoms with Crippen LogP contribution >= 0.6 is 0 Å². The van der Waals surface area contributed by atoms with E-state index in [4.69, 9.17) is 0 Å². The fourth-order valence-corrected chi connectivity index (χ4v) is 2.16. The van der Waals surface area contributed by atoms with E-state index in [1.807, 2.05) is 10.9 Å². The third-order valence-electron chi connectivity index (χ3n) is 3.53. The maximum absolute atomic E-state index is 12.9. The van der Waals surface area contributed by atoms with Crippen molar-refractivity contribution in [1.29, 1.82) is 0 Å². The van der Waals surface area contributed by atoms with E-state index in [-0.39, 0.29) is 24.0 Å². The number of halogens is 3. The smallest absolute Gasteiger partial charge is 0.325 e. The largest absolute Gasteiger partial charge is 0.426 e. The number of carbonyl (C=O) groups is 3. The molecule has 7 nitrogen and oxygen atoms in total. The predicted molar refractivity (Wildman–Crippen MR) is 66.9 cm³/mol. The van der Waals surface area contributed by atoms with Crippen molar-refractivity contribution < 1.29 is 32.4 Å². The van der Waals surface area contributed by atoms with Crippen molar-refractivity contribution in [3.05, 3.63) is 35.4 Å². The molecular weight excluding hydrogens is 319 g/mol. The molecule has 2 fully saturated rings. The lowest BCUT2D eigenvalue weighted by Crippen LogP contribution is -2.35. The van der Waals surface area contributed by atoms with Crippen LogP contribution in [-0.2, 0) is 20.1 Å². The number of imide groups is 1. The fourth-order valence-electron chi connectivity index (χ4n) is 2.16. The number of benzene rings is 1. The first-order valence-electron chi connectivity index (χ1n) is 6.54. The van der Waals surface area contributed by atoms with Crippen LogP contribution in [-0.4, -0.2) is 29.0 Å². The Morgan fingerprint density at radius 3 is 2.04 bits per heavy atom. The first kappa shape index (κ1) is 15.4. The van der Waals surface area contributed by atoms with Crippen LogP contribution in [0, 0.1) is 0 Å². The van der Waals surface area contributed by atoms with Crippen molar-refractivity contribution >= 4 is 17.8 Å². The SMILES string of the molecule is O=C(ON1C(=O)CCC1=O)c1ccc(C2(C(F)(F)F)NN2)cc1. The second-order valence-corrected chi connectivity index (χ2v) is 5.04. The first-order valence-corrected chi connectivity index (χ1v) is 6.54. The number of hydrazine groups is 1. The van der Waals surface area contributed by atoms with E-state index in [9.17, 15) is 27.6 Å². The molecule has 122 valence electrons. The zero-order valence-electron chi connectivity index (χ0n) is 11.4. The normalized spacial score (nSPS) is 19.9. The topological polar surface area (TPSA) is 108 Å². The Kier molecular flexibility index (Phi) is 3.38. The first-order chi connectivity index (χ1) is 10.7. The molecule has 2 heterocycles. The second-order valence-electron chi connectivity index (χ2n) is 5.04. The van der Waals surface area contributed by atoms with Crippen LogP contribution < -0.4 is 10.9 Å². The van der Waals surface area contributed by atoms with Crippen molar-refractivity contribution in [1.82, 2.24) is 15.9 Å². The molecule has 1 aromatic rings. The number of amides is 2. The molecule has 0 radical (unpaired) electrons. The van der Waals surface area contributed by atoms with E-state index in [1.54, 1.807) is 0 Å². The summed E-state index contributed by atoms with van der Waals surface area (Å²) in [5, 5.41) is 0.372. The van der Waals surface area contributed by atoms with Gasteiger partial charge in [0.05, 0.1) is 5.56 Å². The lowest BCUT2D eigenvalue weighted by atomic mass is 10.0. The third kappa shape index (κ3) is 2.55. The molecule has 0 unspecified atom stereocenters. The van der Waals surface area contributed by atoms with Crippen molar-refractivity contribution in [2.45, 2.75) is 24.7 Å². The summed E-state index contributed by atoms with van der Waals surface area (Å²) in [5.41, 5.74) is 1.53. The molecule has 0 aromatic heterocycles. The minimum Gasteiger partial charge on any atom is -0.325 e. The Hall–Kier alpha value is -2.46. The van der Waals surface area contributed by atoms with Gasteiger partial charge in [-0.25, -0.2) is 15.6 Å². The number of nitrogens with zero attached hydrogens (tertiary/aromatic N) is 1. The summed E-state index contributed by atoms with van der Waals surface area (Å²) in [6.07, 6.45) is -4.64. The van der Waals surface area contributed by atoms with Crippen molar-refractivity contribution in [2.75, 3.05) is 0 Å². The molecule has 2 aliphatic rings. The van der Waals surface area contributed by atoms with Gasteiger partial charge in [-0.1, -0.05) is 12.1 Å². The summed E-state index contributed by atoms with van der Waals surface area (Å²) in [7, 11) is 0. The highest BCUT2D eigenvalue weighted by atomic mass is 19.4. The molecule has 2 N–H and O–H groups in total. The number of alkyl halides is 3. The molecule has 2 aliphatic heterocycles. The van der Waals surface area contributed by atoms with E-state index in [2.05, 4.69) is 4.84 Å². The molecule has 0 saturated carbocycles. The van der Waals surface area contributed by atoms with Crippen LogP contribution in [0.15, 0.2) is 24.3 Å². The highest BCUT2D eigenvalue weighted by Crippen LogP contribution is 2.42. The molecule has 0 spiro atoms. The van der Waals surface area contributed by atoms with Crippen molar-refractivity contribution in [3.8, 4) is 0 Å². The van der Waals surface area contributed by atoms with Crippen molar-refractivity contribution in [2.24, 2.45) is 0 Å². The highest BCUT2D eigenvalue weighted by molar-refractivity contribution is 6.02. The summed E-state index contributed by atoms with van der Waals surface area (Å²) in [5.74, 6) is -2.28. The van der Waals surface area contributed by atoms with E-state index in [0.717, 1.165) is 24.3 Å². The average molecular weight is 329 g/mol. The molecule has 2 saturated heterocycles. The van der Waals surface area contributed by atoms with Gasteiger partial charge in [0.15, 0.2) is 0 Å². The molecule has 1 aromatic carbocycles. The molecule has 0 atom stereocenters. The zero-order chi connectivity index (χ0) is 16.8. The molecular formula is C13H10F3N3O4. The average Bonchev–Trinajstić information content (AvgIpc) is 3.26. The molecule has 10 heteroatoms. The Morgan fingerprint density at radius 1 is 1.09 bits per heavy atom. The Morgan fingerprint density at radius 2 is 1.61 bits per heavy atom. The Balaban J connectivity index is 1.74. The van der Waals surface area contributed by atoms with Gasteiger partial charge in [0, 0.05) is 12.8 Å². The number of hydroxylamine groups is 2. The lowest BCUT2D eigenvalue weighted by Gasteiger charge is -2.16. The van der Waals surface area contributed by atoms with E-state index >= 15 is 0 Å². The molecule has 2 amide bonds. The van der Waals surface area contributed by atoms with Gasteiger partial charge in [-0.05, 0) is 17.7 Å². The molecule has 0 aliphatic carbocycles. The van der Waals surface area contributed by atoms with E-state index < -0.39 is 29.6 Å². The van der Waals surface area contributed by atoms with Crippen LogP contribution in [0.25, 0.3) is 0 Å². The van der Waals surface area contributed by atoms with Gasteiger partial charge in [0.2, 0.25) is 5.66 Å². The van der Waals surface area contributed by atoms with E-state index in [1.165, 1.54) is 0 Å². The Labute approximate surface area is 127 Å². The van der Waals surface area contributed by atoms with Crippen LogP contribution in [0.1, 0.15) is 28.8 Å². The number of rotatable bonds is 3. The summed E-state index contributed by atoms with van der Waals surface area (Å²) in [6.45, 7) is 0. The number of nitrogens with one attached hydrogen (secondary N) is 2. The molecule has 0 bridgehead atoms. The summed E-state index contributed by atoms with van der Waals surface area (Å²) in [6, 6.07) is 4.45. The summed E-state index contributed by atoms with van der Waals surface area (Å²) >= 11 is 0. The third-order valence-corrected chi connectivity index (χ3v) is 3.53. The predicted octanol–water partition coefficient (Wildman–Crippen LogP) is 0.730. The van der Waals surface area contributed by atoms with Crippen molar-refractivity contribution in [3.63, 3.8) is 0 Å². The van der Waals surface area contributed by atoms with Crippen LogP contribution in [0.2, 0.25) is 0 Å². The van der Waals surface area contributed by atoms with Gasteiger partial charge in [0.1, 0.15) is 0 Å². The summed E-state index contributed by atoms with van der Waals surface area (Å²) in [4.78, 5) is 39.2. The van der Waals surface area contributed by atoms with Gasteiger partial charge in [-0.15, -0.1) is 5.06 Å². The zero-order valence-corrected chi connectivity index (χ0v) is 11.4. The van der Waals surface area contributed by atoms with Crippen LogP contribution in [0.3, 0.4) is 0 Å². The monoisotopic (exact) mass is 329 g/mol. The van der Waals surface area contributed by atoms with Crippen LogP contribution in [0.4, 0.5) is 13.2 Å². The van der Waals surface area contributed by atoms with Gasteiger partial charge >= 0.3 is 12.1 Å². The summed E-state index contributed by atoms with van der Waals surface area (Å²) < 4.78 is 38.7. The van der Waals surface area contributed by atoms with E-state index in [0.29, 0.717) is 5.06 Å². The van der Waals surface area contributed by atoms with Gasteiger partial charge in [-0.3, -0.25) is 9.59 Å². The number of hydrogen-bond acceptors (Lipinski definition) is 6. The quantitative estimate of drug-likeness (QED) is 0.625. The highest BCUT2D eigenvalue weighted by Gasteiger charge is 2.65. The standard InChI is InChI=1S/C13H10F3N3O4/c14-13(15,16)12(17-18-12)8-3-1-7(2-4-8)11(22)23-19-9(20)5-6-10(19)21/h1-4,17-18H,5-6H2. The second kappa shape index (κ2) is 5.03. The lowest BCUT2D eigenvalue weighted by molar-refractivity contribution is -0.172. The fraction of sp³-hybridized carbons (Fsp3) is 0.308.